The van der Waals surface area contributed by atoms with Crippen LogP contribution in [0.5, 0.6) is 5.75 Å². The van der Waals surface area contributed by atoms with E-state index in [-0.39, 0.29) is 53.7 Å². The number of benzene rings is 1. The molecule has 0 aromatic heterocycles. The standard InChI is InChI=1S/C26H33N5O7/c1-10(2)9-29-25(28)30-14-8-15(31(3)4)13-6-11-5-12-7-16(32)19(24(27)37)23(36)26(12,38)22(35)17(11)21(34)18(13)20(14)33/h8,10-12,33-34,36,38H,5-7,9H2,1-4H3,(H2,27,37)(H3,28,29,30). The molecule has 0 heterocycles. The van der Waals surface area contributed by atoms with E-state index in [1.54, 1.807) is 25.1 Å². The summed E-state index contributed by atoms with van der Waals surface area (Å²) in [6.45, 7) is 4.39. The summed E-state index contributed by atoms with van der Waals surface area (Å²) in [5.41, 5.74) is 8.89. The lowest BCUT2D eigenvalue weighted by Gasteiger charge is -2.46. The fourth-order valence-corrected chi connectivity index (χ4v) is 5.62. The Morgan fingerprint density at radius 3 is 2.45 bits per heavy atom. The van der Waals surface area contributed by atoms with Crippen molar-refractivity contribution in [1.82, 2.24) is 0 Å². The van der Waals surface area contributed by atoms with Crippen molar-refractivity contribution in [2.24, 2.45) is 34.2 Å². The normalized spacial score (nSPS) is 25.3. The fourth-order valence-electron chi connectivity index (χ4n) is 5.62. The molecule has 1 saturated carbocycles. The minimum atomic E-state index is -2.61. The van der Waals surface area contributed by atoms with Gasteiger partial charge in [-0.15, -0.1) is 0 Å². The summed E-state index contributed by atoms with van der Waals surface area (Å²) in [6.07, 6.45) is -0.108. The Hall–Kier alpha value is -4.06. The van der Waals surface area contributed by atoms with Gasteiger partial charge in [0.15, 0.2) is 17.3 Å². The number of carbonyl (C=O) groups excluding carboxylic acids is 3. The van der Waals surface area contributed by atoms with E-state index in [0.29, 0.717) is 17.8 Å². The third-order valence-corrected chi connectivity index (χ3v) is 7.41. The molecule has 0 spiro atoms. The van der Waals surface area contributed by atoms with Gasteiger partial charge in [0.25, 0.3) is 5.91 Å². The molecule has 3 unspecified atom stereocenters. The summed E-state index contributed by atoms with van der Waals surface area (Å²) in [7, 11) is 3.56. The van der Waals surface area contributed by atoms with Gasteiger partial charge in [-0.2, -0.15) is 0 Å². The van der Waals surface area contributed by atoms with Crippen molar-refractivity contribution >= 4 is 40.6 Å². The largest absolute Gasteiger partial charge is 0.508 e. The van der Waals surface area contributed by atoms with E-state index in [1.807, 2.05) is 13.8 Å². The van der Waals surface area contributed by atoms with E-state index in [0.717, 1.165) is 0 Å². The summed E-state index contributed by atoms with van der Waals surface area (Å²) in [4.78, 5) is 44.0. The number of phenols is 1. The van der Waals surface area contributed by atoms with E-state index in [2.05, 4.69) is 10.3 Å². The second kappa shape index (κ2) is 9.35. The highest BCUT2D eigenvalue weighted by atomic mass is 16.3. The van der Waals surface area contributed by atoms with Gasteiger partial charge in [-0.3, -0.25) is 19.4 Å². The van der Waals surface area contributed by atoms with Crippen LogP contribution in [0.4, 0.5) is 11.4 Å². The number of aliphatic imine (C=N–C) groups is 1. The molecule has 0 bridgehead atoms. The number of primary amides is 1. The SMILES string of the molecule is CC(C)CN=C(N)Nc1cc(N(C)C)c2c(c1O)C(O)=C1C(=O)C3(O)C(O)=C(C(N)=O)C(=O)CC3CC1C2. The Bertz CT molecular complexity index is 1340. The molecule has 3 atom stereocenters. The minimum Gasteiger partial charge on any atom is -0.508 e. The highest BCUT2D eigenvalue weighted by molar-refractivity contribution is 6.22. The third kappa shape index (κ3) is 4.05. The number of carbonyl (C=O) groups is 3. The van der Waals surface area contributed by atoms with Crippen molar-refractivity contribution in [3.8, 4) is 5.75 Å². The molecule has 1 fully saturated rings. The first kappa shape index (κ1) is 27.0. The summed E-state index contributed by atoms with van der Waals surface area (Å²) >= 11 is 0. The summed E-state index contributed by atoms with van der Waals surface area (Å²) in [5.74, 6) is -6.48. The highest BCUT2D eigenvalue weighted by Crippen LogP contribution is 2.54. The quantitative estimate of drug-likeness (QED) is 0.124. The molecule has 3 aliphatic rings. The Labute approximate surface area is 219 Å². The maximum absolute atomic E-state index is 13.7. The predicted octanol–water partition coefficient (Wildman–Crippen LogP) is 0.873. The van der Waals surface area contributed by atoms with Crippen LogP contribution in [0, 0.1) is 17.8 Å². The molecule has 12 heteroatoms. The molecule has 1 amide bonds. The number of nitrogens with zero attached hydrogens (tertiary/aromatic N) is 2. The van der Waals surface area contributed by atoms with E-state index in [9.17, 15) is 34.8 Å². The van der Waals surface area contributed by atoms with Gasteiger partial charge in [-0.25, -0.2) is 0 Å². The zero-order chi connectivity index (χ0) is 28.3. The van der Waals surface area contributed by atoms with Crippen molar-refractivity contribution in [2.45, 2.75) is 38.7 Å². The molecule has 0 saturated heterocycles. The van der Waals surface area contributed by atoms with Gasteiger partial charge in [-0.1, -0.05) is 13.8 Å². The van der Waals surface area contributed by atoms with E-state index >= 15 is 0 Å². The number of guanidine groups is 1. The number of fused-ring (bicyclic) bond motifs is 3. The van der Waals surface area contributed by atoms with Crippen LogP contribution in [0.1, 0.15) is 37.8 Å². The van der Waals surface area contributed by atoms with Crippen LogP contribution >= 0.6 is 0 Å². The second-order valence-electron chi connectivity index (χ2n) is 10.7. The van der Waals surface area contributed by atoms with Crippen LogP contribution in [0.2, 0.25) is 0 Å². The van der Waals surface area contributed by atoms with Crippen molar-refractivity contribution in [2.75, 3.05) is 30.9 Å². The molecule has 204 valence electrons. The van der Waals surface area contributed by atoms with Crippen LogP contribution < -0.4 is 21.7 Å². The van der Waals surface area contributed by atoms with Gasteiger partial charge in [0.2, 0.25) is 5.78 Å². The molecule has 0 radical (unpaired) electrons. The first-order chi connectivity index (χ1) is 17.7. The van der Waals surface area contributed by atoms with Crippen molar-refractivity contribution < 1.29 is 34.8 Å². The number of hydrogen-bond acceptors (Lipinski definition) is 9. The third-order valence-electron chi connectivity index (χ3n) is 7.41. The number of hydrogen-bond donors (Lipinski definition) is 7. The number of amides is 1. The molecule has 3 aliphatic carbocycles. The Kier molecular flexibility index (Phi) is 6.64. The number of anilines is 2. The maximum Gasteiger partial charge on any atom is 0.255 e. The molecule has 4 rings (SSSR count). The molecule has 38 heavy (non-hydrogen) atoms. The Balaban J connectivity index is 1.89. The highest BCUT2D eigenvalue weighted by Gasteiger charge is 2.60. The number of aromatic hydroxyl groups is 1. The van der Waals surface area contributed by atoms with E-state index in [1.165, 1.54) is 0 Å². The molecule has 12 nitrogen and oxygen atoms in total. The van der Waals surface area contributed by atoms with Gasteiger partial charge in [0.05, 0.1) is 11.3 Å². The molecule has 9 N–H and O–H groups in total. The van der Waals surface area contributed by atoms with Gasteiger partial charge in [0, 0.05) is 44.2 Å². The zero-order valence-corrected chi connectivity index (χ0v) is 21.7. The van der Waals surface area contributed by atoms with Gasteiger partial charge >= 0.3 is 0 Å². The molecule has 1 aromatic carbocycles. The second-order valence-corrected chi connectivity index (χ2v) is 10.7. The Morgan fingerprint density at radius 2 is 1.87 bits per heavy atom. The van der Waals surface area contributed by atoms with E-state index in [4.69, 9.17) is 11.5 Å². The molecular weight excluding hydrogens is 494 g/mol. The Morgan fingerprint density at radius 1 is 1.21 bits per heavy atom. The fraction of sp³-hybridized carbons (Fsp3) is 0.462. The van der Waals surface area contributed by atoms with Crippen molar-refractivity contribution in [3.05, 3.63) is 34.1 Å². The minimum absolute atomic E-state index is 0.0255. The van der Waals surface area contributed by atoms with Crippen LogP contribution in [0.15, 0.2) is 28.0 Å². The average molecular weight is 528 g/mol. The smallest absolute Gasteiger partial charge is 0.255 e. The lowest BCUT2D eigenvalue weighted by molar-refractivity contribution is -0.147. The maximum atomic E-state index is 13.7. The number of phenolic OH excluding ortho intramolecular Hbond substituents is 1. The van der Waals surface area contributed by atoms with Crippen molar-refractivity contribution in [3.63, 3.8) is 0 Å². The topological polar surface area (TPSA) is 212 Å². The number of rotatable bonds is 5. The zero-order valence-electron chi connectivity index (χ0n) is 21.7. The van der Waals surface area contributed by atoms with Gasteiger partial charge < -0.3 is 42.1 Å². The van der Waals surface area contributed by atoms with Gasteiger partial charge in [0.1, 0.15) is 22.8 Å². The number of aliphatic hydroxyl groups is 3. The number of ketones is 2. The van der Waals surface area contributed by atoms with Crippen molar-refractivity contribution in [1.29, 1.82) is 0 Å². The monoisotopic (exact) mass is 527 g/mol. The lowest BCUT2D eigenvalue weighted by atomic mass is 9.59. The first-order valence-corrected chi connectivity index (χ1v) is 12.3. The van der Waals surface area contributed by atoms with Crippen LogP contribution in [0.25, 0.3) is 5.76 Å². The number of aliphatic hydroxyl groups excluding tert-OH is 2. The molecule has 1 aromatic rings. The van der Waals surface area contributed by atoms with Crippen LogP contribution in [0.3, 0.4) is 0 Å². The molecule has 0 aliphatic heterocycles. The molecular formula is C26H33N5O7. The number of nitrogens with two attached hydrogens (primary N) is 2. The predicted molar refractivity (Wildman–Crippen MR) is 141 cm³/mol. The average Bonchev–Trinajstić information content (AvgIpc) is 2.81. The number of Topliss-reactive ketones (excluding diaryl/α,β-unsaturated/α-hetero) is 2. The van der Waals surface area contributed by atoms with Gasteiger partial charge in [-0.05, 0) is 36.3 Å². The van der Waals surface area contributed by atoms with Crippen LogP contribution in [-0.2, 0) is 20.8 Å². The van der Waals surface area contributed by atoms with Crippen LogP contribution in [-0.4, -0.2) is 70.1 Å². The first-order valence-electron chi connectivity index (χ1n) is 12.3. The summed E-state index contributed by atoms with van der Waals surface area (Å²) < 4.78 is 0. The van der Waals surface area contributed by atoms with E-state index < -0.39 is 52.0 Å². The summed E-state index contributed by atoms with van der Waals surface area (Å²) in [6, 6.07) is 1.66. The summed E-state index contributed by atoms with van der Waals surface area (Å²) in [5, 5.41) is 47.5. The lowest BCUT2D eigenvalue weighted by Crippen LogP contribution is -2.58. The number of nitrogens with one attached hydrogen (secondary N) is 1.